The SMILES string of the molecule is [AlH3].[H-].[H-].[La].[Mg+2].[Ni]. The maximum absolute atomic E-state index is 0. The summed E-state index contributed by atoms with van der Waals surface area (Å²) in [6.45, 7) is 0. The zero-order valence-electron chi connectivity index (χ0n) is 3.60. The molecule has 0 amide bonds. The van der Waals surface area contributed by atoms with Crippen LogP contribution >= 0.6 is 0 Å². The summed E-state index contributed by atoms with van der Waals surface area (Å²) in [5.41, 5.74) is 0. The molecule has 0 heterocycles. The first kappa shape index (κ1) is 28.1. The zero-order valence-corrected chi connectivity index (χ0v) is 7.63. The van der Waals surface area contributed by atoms with E-state index in [4.69, 9.17) is 0 Å². The predicted octanol–water partition coefficient (Wildman–Crippen LogP) is -1.34. The van der Waals surface area contributed by atoms with Gasteiger partial charge in [0.1, 0.15) is 0 Å². The minimum Gasteiger partial charge on any atom is -1.00 e. The molecule has 23 valence electrons. The molecule has 0 aliphatic heterocycles. The Bertz CT molecular complexity index is 13.5. The van der Waals surface area contributed by atoms with Crippen LogP contribution in [0.15, 0.2) is 0 Å². The summed E-state index contributed by atoms with van der Waals surface area (Å²) in [6.07, 6.45) is 0. The van der Waals surface area contributed by atoms with Crippen molar-refractivity contribution in [2.45, 2.75) is 0 Å². The molecule has 0 aliphatic carbocycles. The number of hydrogen-bond acceptors (Lipinski definition) is 0. The van der Waals surface area contributed by atoms with E-state index < -0.39 is 0 Å². The largest absolute Gasteiger partial charge is 2.00 e. The van der Waals surface area contributed by atoms with Crippen molar-refractivity contribution in [1.29, 1.82) is 0 Å². The summed E-state index contributed by atoms with van der Waals surface area (Å²) in [4.78, 5) is 0. The molecule has 0 bridgehead atoms. The third-order valence-electron chi connectivity index (χ3n) is 0. The van der Waals surface area contributed by atoms with Crippen LogP contribution in [0.5, 0.6) is 0 Å². The van der Waals surface area contributed by atoms with E-state index in [9.17, 15) is 0 Å². The fourth-order valence-corrected chi connectivity index (χ4v) is 0. The Balaban J connectivity index is 0. The molecule has 0 spiro atoms. The standard InChI is InChI=1S/Al.La.Mg.Ni.5H/q;;+2;;;;;2*-1. The Kier molecular flexibility index (Phi) is 117. The van der Waals surface area contributed by atoms with Gasteiger partial charge in [0, 0.05) is 52.1 Å². The molecule has 0 aromatic carbocycles. The fraction of sp³-hybridized carbons (Fsp3) is 0. The molecule has 0 aromatic rings. The van der Waals surface area contributed by atoms with Gasteiger partial charge in [-0.15, -0.1) is 0 Å². The molecule has 0 atom stereocenters. The molecule has 4 heavy (non-hydrogen) atoms. The average molecular weight is 254 g/mol. The molecule has 0 rings (SSSR count). The van der Waals surface area contributed by atoms with Crippen LogP contribution in [0.4, 0.5) is 0 Å². The molecule has 0 fully saturated rings. The van der Waals surface area contributed by atoms with Gasteiger partial charge in [-0.3, -0.25) is 0 Å². The van der Waals surface area contributed by atoms with Gasteiger partial charge in [0.15, 0.2) is 17.4 Å². The Labute approximate surface area is 93.6 Å². The van der Waals surface area contributed by atoms with Gasteiger partial charge in [-0.2, -0.15) is 0 Å². The summed E-state index contributed by atoms with van der Waals surface area (Å²) in [5.74, 6) is 0. The van der Waals surface area contributed by atoms with Gasteiger partial charge < -0.3 is 2.85 Å². The smallest absolute Gasteiger partial charge is 1.00 e. The summed E-state index contributed by atoms with van der Waals surface area (Å²) < 4.78 is 0. The second-order valence-corrected chi connectivity index (χ2v) is 0. The summed E-state index contributed by atoms with van der Waals surface area (Å²) in [5, 5.41) is 0. The van der Waals surface area contributed by atoms with E-state index in [-0.39, 0.29) is 95.4 Å². The van der Waals surface area contributed by atoms with Crippen molar-refractivity contribution >= 4 is 40.4 Å². The molecule has 0 aliphatic rings. The second-order valence-electron chi connectivity index (χ2n) is 0. The van der Waals surface area contributed by atoms with E-state index in [2.05, 4.69) is 0 Å². The van der Waals surface area contributed by atoms with Gasteiger partial charge in [-0.05, 0) is 0 Å². The van der Waals surface area contributed by atoms with Crippen molar-refractivity contribution in [3.63, 3.8) is 0 Å². The first-order valence-electron chi connectivity index (χ1n) is 0. The van der Waals surface area contributed by atoms with Gasteiger partial charge in [0.05, 0.1) is 0 Å². The van der Waals surface area contributed by atoms with Crippen LogP contribution in [0.3, 0.4) is 0 Å². The van der Waals surface area contributed by atoms with Crippen LogP contribution in [0.25, 0.3) is 0 Å². The van der Waals surface area contributed by atoms with E-state index in [1.807, 2.05) is 0 Å². The summed E-state index contributed by atoms with van der Waals surface area (Å²) in [7, 11) is 0. The van der Waals surface area contributed by atoms with Crippen LogP contribution < -0.4 is 0 Å². The molecule has 0 N–H and O–H groups in total. The maximum atomic E-state index is 0. The molecule has 0 unspecified atom stereocenters. The third kappa shape index (κ3) is 8.89. The Hall–Kier alpha value is 2.99. The molecule has 0 saturated carbocycles. The monoisotopic (exact) mass is 253 g/mol. The topological polar surface area (TPSA) is 0 Å². The molecule has 0 nitrogen and oxygen atoms in total. The van der Waals surface area contributed by atoms with Crippen LogP contribution in [0.2, 0.25) is 0 Å². The molecule has 4 heteroatoms. The average Bonchev–Trinajstić information content (AvgIpc) is 0. The normalized spacial score (nSPS) is 0. The van der Waals surface area contributed by atoms with Gasteiger partial charge in [0.25, 0.3) is 0 Å². The van der Waals surface area contributed by atoms with Crippen molar-refractivity contribution < 1.29 is 54.9 Å². The van der Waals surface area contributed by atoms with E-state index in [1.165, 1.54) is 0 Å². The van der Waals surface area contributed by atoms with E-state index in [0.717, 1.165) is 0 Å². The van der Waals surface area contributed by atoms with Gasteiger partial charge in [-0.1, -0.05) is 0 Å². The Morgan fingerprint density at radius 1 is 1.25 bits per heavy atom. The molecule has 1 radical (unpaired) electrons. The first-order valence-corrected chi connectivity index (χ1v) is 0. The Morgan fingerprint density at radius 2 is 1.25 bits per heavy atom. The van der Waals surface area contributed by atoms with E-state index in [0.29, 0.717) is 0 Å². The van der Waals surface area contributed by atoms with Crippen LogP contribution in [-0.2, 0) is 16.5 Å². The Morgan fingerprint density at radius 3 is 1.25 bits per heavy atom. The minimum atomic E-state index is 0. The van der Waals surface area contributed by atoms with Crippen LogP contribution in [-0.4, -0.2) is 40.4 Å². The van der Waals surface area contributed by atoms with Crippen molar-refractivity contribution in [1.82, 2.24) is 0 Å². The number of hydrogen-bond donors (Lipinski definition) is 0. The van der Waals surface area contributed by atoms with E-state index in [1.54, 1.807) is 0 Å². The fourth-order valence-electron chi connectivity index (χ4n) is 0. The number of rotatable bonds is 0. The van der Waals surface area contributed by atoms with Crippen molar-refractivity contribution in [3.8, 4) is 0 Å². The predicted molar refractivity (Wildman–Crippen MR) is 17.9 cm³/mol. The van der Waals surface area contributed by atoms with Crippen LogP contribution in [0.1, 0.15) is 2.85 Å². The van der Waals surface area contributed by atoms with Crippen LogP contribution in [0, 0.1) is 35.6 Å². The van der Waals surface area contributed by atoms with Crippen molar-refractivity contribution in [2.24, 2.45) is 0 Å². The minimum absolute atomic E-state index is 0. The summed E-state index contributed by atoms with van der Waals surface area (Å²) >= 11 is 0. The van der Waals surface area contributed by atoms with Gasteiger partial charge in [0.2, 0.25) is 0 Å². The zero-order chi connectivity index (χ0) is 0. The second kappa shape index (κ2) is 16.7. The molecule has 0 aromatic heterocycles. The molecule has 0 saturated heterocycles. The third-order valence-corrected chi connectivity index (χ3v) is 0. The van der Waals surface area contributed by atoms with Crippen molar-refractivity contribution in [2.75, 3.05) is 0 Å². The van der Waals surface area contributed by atoms with Gasteiger partial charge in [-0.25, -0.2) is 0 Å². The summed E-state index contributed by atoms with van der Waals surface area (Å²) in [6, 6.07) is 0. The van der Waals surface area contributed by atoms with E-state index >= 15 is 0 Å². The quantitative estimate of drug-likeness (QED) is 0.469. The molecular weight excluding hydrogens is 249 g/mol. The molecular formula is H5AlLaMgNi. The van der Waals surface area contributed by atoms with Crippen molar-refractivity contribution in [3.05, 3.63) is 0 Å². The first-order chi connectivity index (χ1) is 0. The van der Waals surface area contributed by atoms with Gasteiger partial charge >= 0.3 is 23.1 Å². The maximum Gasteiger partial charge on any atom is 2.00 e.